The lowest BCUT2D eigenvalue weighted by molar-refractivity contribution is 0.0934. The van der Waals surface area contributed by atoms with Gasteiger partial charge in [0.2, 0.25) is 0 Å². The van der Waals surface area contributed by atoms with Crippen LogP contribution in [0.1, 0.15) is 21.5 Å². The third kappa shape index (κ3) is 2.84. The maximum atomic E-state index is 12.2. The summed E-state index contributed by atoms with van der Waals surface area (Å²) in [5.41, 5.74) is 9.06. The molecule has 0 radical (unpaired) electrons. The van der Waals surface area contributed by atoms with Crippen molar-refractivity contribution in [1.29, 1.82) is 0 Å². The predicted octanol–water partition coefficient (Wildman–Crippen LogP) is 2.31. The second kappa shape index (κ2) is 5.48. The molecule has 1 heterocycles. The Morgan fingerprint density at radius 2 is 2.14 bits per heavy atom. The SMILES string of the molecule is Cc1ccc(N)c(C(=O)NCC2Cc3ccccc3O2)c1. The van der Waals surface area contributed by atoms with Crippen molar-refractivity contribution in [2.45, 2.75) is 19.4 Å². The molecule has 1 unspecified atom stereocenters. The molecule has 0 saturated heterocycles. The molecule has 2 aromatic carbocycles. The Balaban J connectivity index is 1.61. The van der Waals surface area contributed by atoms with Gasteiger partial charge in [-0.2, -0.15) is 0 Å². The molecule has 3 rings (SSSR count). The van der Waals surface area contributed by atoms with Crippen LogP contribution in [0.25, 0.3) is 0 Å². The first-order valence-electron chi connectivity index (χ1n) is 7.02. The molecule has 4 nitrogen and oxygen atoms in total. The molecule has 1 atom stereocenters. The Hall–Kier alpha value is -2.49. The number of aryl methyl sites for hydroxylation is 1. The lowest BCUT2D eigenvalue weighted by Crippen LogP contribution is -2.34. The summed E-state index contributed by atoms with van der Waals surface area (Å²) in [6.07, 6.45) is 0.803. The van der Waals surface area contributed by atoms with Gasteiger partial charge in [-0.05, 0) is 30.7 Å². The summed E-state index contributed by atoms with van der Waals surface area (Å²) < 4.78 is 5.80. The third-order valence-corrected chi connectivity index (χ3v) is 3.66. The standard InChI is InChI=1S/C17H18N2O2/c1-11-6-7-15(18)14(8-11)17(20)19-10-13-9-12-4-2-3-5-16(12)21-13/h2-8,13H,9-10,18H2,1H3,(H,19,20). The zero-order chi connectivity index (χ0) is 14.8. The highest BCUT2D eigenvalue weighted by atomic mass is 16.5. The first-order valence-corrected chi connectivity index (χ1v) is 7.02. The lowest BCUT2D eigenvalue weighted by Gasteiger charge is -2.13. The number of carbonyl (C=O) groups is 1. The Bertz CT molecular complexity index is 657. The van der Waals surface area contributed by atoms with Crippen molar-refractivity contribution >= 4 is 11.6 Å². The summed E-state index contributed by atoms with van der Waals surface area (Å²) in [5, 5.41) is 2.90. The van der Waals surface area contributed by atoms with Crippen molar-refractivity contribution in [3.05, 3.63) is 59.2 Å². The van der Waals surface area contributed by atoms with Crippen LogP contribution < -0.4 is 15.8 Å². The number of carbonyl (C=O) groups excluding carboxylic acids is 1. The van der Waals surface area contributed by atoms with E-state index in [-0.39, 0.29) is 12.0 Å². The lowest BCUT2D eigenvalue weighted by atomic mass is 10.1. The van der Waals surface area contributed by atoms with Gasteiger partial charge in [-0.15, -0.1) is 0 Å². The van der Waals surface area contributed by atoms with E-state index in [1.54, 1.807) is 12.1 Å². The molecule has 1 aliphatic rings. The van der Waals surface area contributed by atoms with Gasteiger partial charge in [-0.25, -0.2) is 0 Å². The van der Waals surface area contributed by atoms with E-state index < -0.39 is 0 Å². The highest BCUT2D eigenvalue weighted by molar-refractivity contribution is 5.99. The van der Waals surface area contributed by atoms with Crippen molar-refractivity contribution < 1.29 is 9.53 Å². The van der Waals surface area contributed by atoms with E-state index in [1.165, 1.54) is 5.56 Å². The largest absolute Gasteiger partial charge is 0.488 e. The van der Waals surface area contributed by atoms with Crippen LogP contribution in [0.4, 0.5) is 5.69 Å². The van der Waals surface area contributed by atoms with Crippen LogP contribution in [0.2, 0.25) is 0 Å². The number of rotatable bonds is 3. The highest BCUT2D eigenvalue weighted by Crippen LogP contribution is 2.27. The molecular formula is C17H18N2O2. The zero-order valence-corrected chi connectivity index (χ0v) is 11.9. The first-order chi connectivity index (χ1) is 10.1. The Labute approximate surface area is 123 Å². The monoisotopic (exact) mass is 282 g/mol. The van der Waals surface area contributed by atoms with Gasteiger partial charge < -0.3 is 15.8 Å². The predicted molar refractivity (Wildman–Crippen MR) is 82.5 cm³/mol. The van der Waals surface area contributed by atoms with E-state index >= 15 is 0 Å². The van der Waals surface area contributed by atoms with Crippen molar-refractivity contribution in [3.8, 4) is 5.75 Å². The molecule has 108 valence electrons. The minimum Gasteiger partial charge on any atom is -0.488 e. The van der Waals surface area contributed by atoms with Crippen LogP contribution in [-0.4, -0.2) is 18.6 Å². The van der Waals surface area contributed by atoms with Crippen LogP contribution >= 0.6 is 0 Å². The van der Waals surface area contributed by atoms with Gasteiger partial charge in [0.25, 0.3) is 5.91 Å². The maximum Gasteiger partial charge on any atom is 0.253 e. The fourth-order valence-electron chi connectivity index (χ4n) is 2.54. The average Bonchev–Trinajstić information content (AvgIpc) is 2.90. The summed E-state index contributed by atoms with van der Waals surface area (Å²) >= 11 is 0. The van der Waals surface area contributed by atoms with Gasteiger partial charge in [0, 0.05) is 12.1 Å². The highest BCUT2D eigenvalue weighted by Gasteiger charge is 2.23. The smallest absolute Gasteiger partial charge is 0.253 e. The molecule has 2 aromatic rings. The molecule has 3 N–H and O–H groups in total. The van der Waals surface area contributed by atoms with Crippen LogP contribution in [0, 0.1) is 6.92 Å². The second-order valence-corrected chi connectivity index (χ2v) is 5.35. The first kappa shape index (κ1) is 13.5. The zero-order valence-electron chi connectivity index (χ0n) is 11.9. The quantitative estimate of drug-likeness (QED) is 0.849. The number of nitrogen functional groups attached to an aromatic ring is 1. The second-order valence-electron chi connectivity index (χ2n) is 5.35. The van der Waals surface area contributed by atoms with E-state index in [4.69, 9.17) is 10.5 Å². The number of ether oxygens (including phenoxy) is 1. The van der Waals surface area contributed by atoms with Crippen LogP contribution in [0.15, 0.2) is 42.5 Å². The van der Waals surface area contributed by atoms with Crippen LogP contribution in [0.3, 0.4) is 0 Å². The Kier molecular flexibility index (Phi) is 3.52. The molecule has 0 saturated carbocycles. The number of nitrogens with two attached hydrogens (primary N) is 1. The van der Waals surface area contributed by atoms with Gasteiger partial charge in [-0.1, -0.05) is 29.8 Å². The summed E-state index contributed by atoms with van der Waals surface area (Å²) in [5.74, 6) is 0.752. The average molecular weight is 282 g/mol. The molecule has 21 heavy (non-hydrogen) atoms. The third-order valence-electron chi connectivity index (χ3n) is 3.66. The molecular weight excluding hydrogens is 264 g/mol. The van der Waals surface area contributed by atoms with E-state index in [9.17, 15) is 4.79 Å². The summed E-state index contributed by atoms with van der Waals surface area (Å²) in [6.45, 7) is 2.41. The Morgan fingerprint density at radius 3 is 2.95 bits per heavy atom. The van der Waals surface area contributed by atoms with Gasteiger partial charge in [-0.3, -0.25) is 4.79 Å². The van der Waals surface area contributed by atoms with E-state index in [0.717, 1.165) is 17.7 Å². The summed E-state index contributed by atoms with van der Waals surface area (Å²) in [4.78, 5) is 12.2. The van der Waals surface area contributed by atoms with Crippen LogP contribution in [-0.2, 0) is 6.42 Å². The van der Waals surface area contributed by atoms with Gasteiger partial charge in [0.15, 0.2) is 0 Å². The molecule has 4 heteroatoms. The molecule has 0 aromatic heterocycles. The van der Waals surface area contributed by atoms with Gasteiger partial charge >= 0.3 is 0 Å². The van der Waals surface area contributed by atoms with Crippen molar-refractivity contribution in [2.75, 3.05) is 12.3 Å². The minimum absolute atomic E-state index is 0.0163. The molecule has 0 fully saturated rings. The number of hydrogen-bond donors (Lipinski definition) is 2. The van der Waals surface area contributed by atoms with Crippen molar-refractivity contribution in [3.63, 3.8) is 0 Å². The maximum absolute atomic E-state index is 12.2. The summed E-state index contributed by atoms with van der Waals surface area (Å²) in [6, 6.07) is 13.4. The van der Waals surface area contributed by atoms with E-state index in [1.807, 2.05) is 31.2 Å². The number of para-hydroxylation sites is 1. The Morgan fingerprint density at radius 1 is 1.33 bits per heavy atom. The fraction of sp³-hybridized carbons (Fsp3) is 0.235. The van der Waals surface area contributed by atoms with E-state index in [0.29, 0.717) is 17.8 Å². The molecule has 1 amide bonds. The summed E-state index contributed by atoms with van der Waals surface area (Å²) in [7, 11) is 0. The van der Waals surface area contributed by atoms with Crippen LogP contribution in [0.5, 0.6) is 5.75 Å². The molecule has 1 aliphatic heterocycles. The molecule has 0 bridgehead atoms. The number of hydrogen-bond acceptors (Lipinski definition) is 3. The number of anilines is 1. The van der Waals surface area contributed by atoms with Crippen molar-refractivity contribution in [1.82, 2.24) is 5.32 Å². The fourth-order valence-corrected chi connectivity index (χ4v) is 2.54. The van der Waals surface area contributed by atoms with Gasteiger partial charge in [0.1, 0.15) is 11.9 Å². The van der Waals surface area contributed by atoms with Crippen molar-refractivity contribution in [2.24, 2.45) is 0 Å². The van der Waals surface area contributed by atoms with E-state index in [2.05, 4.69) is 11.4 Å². The number of amides is 1. The number of fused-ring (bicyclic) bond motifs is 1. The normalized spacial score (nSPS) is 16.1. The minimum atomic E-state index is -0.157. The molecule has 0 spiro atoms. The topological polar surface area (TPSA) is 64.4 Å². The van der Waals surface area contributed by atoms with Gasteiger partial charge in [0.05, 0.1) is 12.1 Å². The number of benzene rings is 2. The molecule has 0 aliphatic carbocycles. The number of nitrogens with one attached hydrogen (secondary N) is 1.